The Morgan fingerprint density at radius 1 is 0.793 bits per heavy atom. The smallest absolute Gasteiger partial charge is 0.259 e. The summed E-state index contributed by atoms with van der Waals surface area (Å²) in [4.78, 5) is 30.4. The molecule has 3 aromatic carbocycles. The maximum atomic E-state index is 12.9. The average Bonchev–Trinajstić information content (AvgIpc) is 2.72. The SMILES string of the molecule is Cc1c(N)c(C)c(C(=O)Nc2ccccc2)c(OO)c1C(=O)Nc1ccccc1. The highest BCUT2D eigenvalue weighted by Crippen LogP contribution is 2.36. The third kappa shape index (κ3) is 4.04. The number of rotatable bonds is 5. The van der Waals surface area contributed by atoms with E-state index in [9.17, 15) is 14.8 Å². The fraction of sp³-hybridized carbons (Fsp3) is 0.0909. The molecule has 5 N–H and O–H groups in total. The molecule has 3 aromatic rings. The quantitative estimate of drug-likeness (QED) is 0.295. The van der Waals surface area contributed by atoms with Crippen molar-refractivity contribution in [3.05, 3.63) is 82.9 Å². The van der Waals surface area contributed by atoms with Crippen molar-refractivity contribution in [2.75, 3.05) is 16.4 Å². The molecule has 3 rings (SSSR count). The molecule has 7 nitrogen and oxygen atoms in total. The Balaban J connectivity index is 2.07. The summed E-state index contributed by atoms with van der Waals surface area (Å²) in [6, 6.07) is 17.6. The fourth-order valence-electron chi connectivity index (χ4n) is 3.08. The molecule has 0 aromatic heterocycles. The number of benzene rings is 3. The number of para-hydroxylation sites is 2. The van der Waals surface area contributed by atoms with Gasteiger partial charge in [-0.15, -0.1) is 0 Å². The zero-order valence-corrected chi connectivity index (χ0v) is 16.0. The molecule has 0 aliphatic carbocycles. The van der Waals surface area contributed by atoms with Crippen molar-refractivity contribution in [1.29, 1.82) is 0 Å². The van der Waals surface area contributed by atoms with E-state index in [1.165, 1.54) is 0 Å². The highest BCUT2D eigenvalue weighted by Gasteiger charge is 2.28. The summed E-state index contributed by atoms with van der Waals surface area (Å²) >= 11 is 0. The summed E-state index contributed by atoms with van der Waals surface area (Å²) in [6.45, 7) is 3.26. The number of nitrogen functional groups attached to an aromatic ring is 1. The van der Waals surface area contributed by atoms with Gasteiger partial charge in [-0.05, 0) is 49.2 Å². The first-order chi connectivity index (χ1) is 13.9. The zero-order chi connectivity index (χ0) is 21.0. The van der Waals surface area contributed by atoms with Crippen molar-refractivity contribution in [2.24, 2.45) is 0 Å². The molecule has 0 bridgehead atoms. The zero-order valence-electron chi connectivity index (χ0n) is 16.0. The number of nitrogens with one attached hydrogen (secondary N) is 2. The summed E-state index contributed by atoms with van der Waals surface area (Å²) in [5.74, 6) is -1.37. The second-order valence-electron chi connectivity index (χ2n) is 6.47. The Hall–Kier alpha value is -3.84. The van der Waals surface area contributed by atoms with Gasteiger partial charge in [0.1, 0.15) is 0 Å². The molecule has 0 saturated carbocycles. The Kier molecular flexibility index (Phi) is 5.80. The van der Waals surface area contributed by atoms with Gasteiger partial charge >= 0.3 is 0 Å². The van der Waals surface area contributed by atoms with Crippen LogP contribution in [-0.2, 0) is 0 Å². The van der Waals surface area contributed by atoms with Crippen LogP contribution in [0.15, 0.2) is 60.7 Å². The van der Waals surface area contributed by atoms with Crippen LogP contribution in [0.2, 0.25) is 0 Å². The van der Waals surface area contributed by atoms with Gasteiger partial charge in [0.25, 0.3) is 11.8 Å². The van der Waals surface area contributed by atoms with Crippen molar-refractivity contribution in [3.63, 3.8) is 0 Å². The summed E-state index contributed by atoms with van der Waals surface area (Å²) in [5, 5.41) is 15.0. The molecule has 0 aliphatic rings. The van der Waals surface area contributed by atoms with E-state index in [1.54, 1.807) is 62.4 Å². The van der Waals surface area contributed by atoms with Gasteiger partial charge in [0.15, 0.2) is 5.75 Å². The van der Waals surface area contributed by atoms with E-state index in [-0.39, 0.29) is 22.6 Å². The Morgan fingerprint density at radius 3 is 1.52 bits per heavy atom. The molecular formula is C22H21N3O4. The van der Waals surface area contributed by atoms with Crippen LogP contribution in [0, 0.1) is 13.8 Å². The van der Waals surface area contributed by atoms with E-state index in [1.807, 2.05) is 12.1 Å². The van der Waals surface area contributed by atoms with E-state index in [2.05, 4.69) is 15.5 Å². The predicted molar refractivity (Wildman–Crippen MR) is 112 cm³/mol. The Bertz CT molecular complexity index is 970. The summed E-state index contributed by atoms with van der Waals surface area (Å²) in [5.41, 5.74) is 8.31. The van der Waals surface area contributed by atoms with Gasteiger partial charge in [-0.25, -0.2) is 5.26 Å². The molecular weight excluding hydrogens is 370 g/mol. The van der Waals surface area contributed by atoms with Gasteiger partial charge in [0.2, 0.25) is 0 Å². The number of carbonyl (C=O) groups is 2. The molecule has 7 heteroatoms. The van der Waals surface area contributed by atoms with E-state index in [0.717, 1.165) is 0 Å². The highest BCUT2D eigenvalue weighted by atomic mass is 17.1. The van der Waals surface area contributed by atoms with Crippen LogP contribution < -0.4 is 21.3 Å². The number of nitrogens with two attached hydrogens (primary N) is 1. The van der Waals surface area contributed by atoms with E-state index >= 15 is 0 Å². The lowest BCUT2D eigenvalue weighted by atomic mass is 9.94. The second kappa shape index (κ2) is 8.45. The molecule has 29 heavy (non-hydrogen) atoms. The van der Waals surface area contributed by atoms with Crippen molar-refractivity contribution in [2.45, 2.75) is 13.8 Å². The largest absolute Gasteiger partial charge is 0.398 e. The number of hydrogen-bond donors (Lipinski definition) is 4. The summed E-state index contributed by atoms with van der Waals surface area (Å²) in [6.07, 6.45) is 0. The first-order valence-corrected chi connectivity index (χ1v) is 8.90. The normalized spacial score (nSPS) is 10.3. The molecule has 0 radical (unpaired) electrons. The molecule has 0 fully saturated rings. The fourth-order valence-corrected chi connectivity index (χ4v) is 3.08. The minimum Gasteiger partial charge on any atom is -0.398 e. The van der Waals surface area contributed by atoms with Crippen LogP contribution in [0.4, 0.5) is 17.1 Å². The van der Waals surface area contributed by atoms with Crippen molar-refractivity contribution < 1.29 is 19.7 Å². The average molecular weight is 391 g/mol. The first-order valence-electron chi connectivity index (χ1n) is 8.90. The van der Waals surface area contributed by atoms with Crippen LogP contribution in [0.5, 0.6) is 5.75 Å². The van der Waals surface area contributed by atoms with Crippen molar-refractivity contribution >= 4 is 28.9 Å². The first kappa shape index (κ1) is 19.9. The number of anilines is 3. The van der Waals surface area contributed by atoms with E-state index < -0.39 is 11.8 Å². The molecule has 0 unspecified atom stereocenters. The van der Waals surface area contributed by atoms with Gasteiger partial charge in [-0.1, -0.05) is 36.4 Å². The van der Waals surface area contributed by atoms with Gasteiger partial charge in [0, 0.05) is 17.1 Å². The maximum absolute atomic E-state index is 12.9. The molecule has 0 saturated heterocycles. The van der Waals surface area contributed by atoms with E-state index in [0.29, 0.717) is 22.5 Å². The van der Waals surface area contributed by atoms with Crippen molar-refractivity contribution in [1.82, 2.24) is 0 Å². The van der Waals surface area contributed by atoms with Crippen LogP contribution in [-0.4, -0.2) is 17.1 Å². The van der Waals surface area contributed by atoms with Crippen LogP contribution in [0.1, 0.15) is 31.8 Å². The van der Waals surface area contributed by atoms with Crippen molar-refractivity contribution in [3.8, 4) is 5.75 Å². The summed E-state index contributed by atoms with van der Waals surface area (Å²) < 4.78 is 0. The monoisotopic (exact) mass is 391 g/mol. The molecule has 0 aliphatic heterocycles. The Morgan fingerprint density at radius 2 is 1.17 bits per heavy atom. The van der Waals surface area contributed by atoms with Gasteiger partial charge < -0.3 is 21.3 Å². The second-order valence-corrected chi connectivity index (χ2v) is 6.47. The van der Waals surface area contributed by atoms with Crippen LogP contribution in [0.3, 0.4) is 0 Å². The molecule has 0 heterocycles. The molecule has 148 valence electrons. The minimum atomic E-state index is -0.557. The van der Waals surface area contributed by atoms with E-state index in [4.69, 9.17) is 5.73 Å². The Labute approximate surface area is 168 Å². The lowest BCUT2D eigenvalue weighted by molar-refractivity contribution is -0.138. The molecule has 2 amide bonds. The predicted octanol–water partition coefficient (Wildman–Crippen LogP) is 4.24. The van der Waals surface area contributed by atoms with Crippen LogP contribution in [0.25, 0.3) is 0 Å². The van der Waals surface area contributed by atoms with Gasteiger partial charge in [-0.3, -0.25) is 9.59 Å². The standard InChI is InChI=1S/C22H21N3O4/c1-13-17(21(26)24-15-9-5-3-6-10-15)20(29-28)18(14(2)19(13)23)22(27)25-16-11-7-4-8-12-16/h3-12,28H,23H2,1-2H3,(H,24,26)(H,25,27). The molecule has 0 spiro atoms. The number of carbonyl (C=O) groups excluding carboxylic acids is 2. The third-order valence-electron chi connectivity index (χ3n) is 4.62. The molecule has 0 atom stereocenters. The summed E-state index contributed by atoms with van der Waals surface area (Å²) in [7, 11) is 0. The number of hydrogen-bond acceptors (Lipinski definition) is 5. The topological polar surface area (TPSA) is 114 Å². The number of amides is 2. The maximum Gasteiger partial charge on any atom is 0.259 e. The minimum absolute atomic E-state index is 0.0161. The van der Waals surface area contributed by atoms with Gasteiger partial charge in [0.05, 0.1) is 11.1 Å². The third-order valence-corrected chi connectivity index (χ3v) is 4.62. The lowest BCUT2D eigenvalue weighted by Crippen LogP contribution is -2.22. The highest BCUT2D eigenvalue weighted by molar-refractivity contribution is 6.14. The van der Waals surface area contributed by atoms with Crippen LogP contribution >= 0.6 is 0 Å². The lowest BCUT2D eigenvalue weighted by Gasteiger charge is -2.19. The van der Waals surface area contributed by atoms with Gasteiger partial charge in [-0.2, -0.15) is 0 Å².